The van der Waals surface area contributed by atoms with E-state index in [9.17, 15) is 22.8 Å². The van der Waals surface area contributed by atoms with Crippen LogP contribution in [0.1, 0.15) is 52.3 Å². The lowest BCUT2D eigenvalue weighted by Gasteiger charge is -2.31. The number of carbonyl (C=O) groups excluding carboxylic acids is 1. The quantitative estimate of drug-likeness (QED) is 0.264. The van der Waals surface area contributed by atoms with Gasteiger partial charge in [0.25, 0.3) is 5.92 Å². The second kappa shape index (κ2) is 13.1. The number of carboxylic acids is 1. The van der Waals surface area contributed by atoms with E-state index in [2.05, 4.69) is 25.6 Å². The third kappa shape index (κ3) is 6.89. The maximum Gasteiger partial charge on any atom is 0.338 e. The molecule has 44 heavy (non-hydrogen) atoms. The molecule has 2 aliphatic rings. The number of thiazole rings is 1. The van der Waals surface area contributed by atoms with Crippen LogP contribution < -0.4 is 10.6 Å². The molecule has 3 N–H and O–H groups in total. The van der Waals surface area contributed by atoms with Crippen LogP contribution in [-0.4, -0.2) is 80.9 Å². The summed E-state index contributed by atoms with van der Waals surface area (Å²) in [5, 5.41) is 17.4. The van der Waals surface area contributed by atoms with E-state index in [1.807, 2.05) is 0 Å². The molecular weight excluding hydrogens is 599 g/mol. The third-order valence-corrected chi connectivity index (χ3v) is 8.15. The Labute approximate surface area is 254 Å². The van der Waals surface area contributed by atoms with Gasteiger partial charge in [-0.05, 0) is 37.5 Å². The lowest BCUT2D eigenvalue weighted by atomic mass is 9.92. The summed E-state index contributed by atoms with van der Waals surface area (Å²) in [6.45, 7) is 2.95. The molecule has 11 nitrogen and oxygen atoms in total. The highest BCUT2D eigenvalue weighted by Crippen LogP contribution is 2.38. The van der Waals surface area contributed by atoms with Crippen LogP contribution in [-0.2, 0) is 9.53 Å². The zero-order chi connectivity index (χ0) is 31.4. The summed E-state index contributed by atoms with van der Waals surface area (Å²) in [4.78, 5) is 43.1. The molecular formula is C29H30F3N7O4S. The van der Waals surface area contributed by atoms with E-state index in [0.29, 0.717) is 27.7 Å². The molecule has 0 amide bonds. The first-order chi connectivity index (χ1) is 21.1. The molecule has 0 bridgehead atoms. The van der Waals surface area contributed by atoms with E-state index in [0.717, 1.165) is 12.4 Å². The largest absolute Gasteiger partial charge is 0.478 e. The Morgan fingerprint density at radius 1 is 1.25 bits per heavy atom. The topological polar surface area (TPSA) is 142 Å². The van der Waals surface area contributed by atoms with Crippen molar-refractivity contribution in [3.63, 3.8) is 0 Å². The first-order valence-electron chi connectivity index (χ1n) is 13.9. The number of amidine groups is 1. The van der Waals surface area contributed by atoms with Crippen molar-refractivity contribution in [2.45, 2.75) is 44.7 Å². The van der Waals surface area contributed by atoms with Crippen molar-refractivity contribution in [2.75, 3.05) is 31.6 Å². The fourth-order valence-electron chi connectivity index (χ4n) is 5.28. The van der Waals surface area contributed by atoms with Crippen LogP contribution in [0.15, 0.2) is 58.4 Å². The molecule has 2 aliphatic heterocycles. The molecule has 4 heterocycles. The number of aromatic carboxylic acids is 1. The van der Waals surface area contributed by atoms with Gasteiger partial charge in [0.2, 0.25) is 5.95 Å². The minimum Gasteiger partial charge on any atom is -0.478 e. The number of carbonyl (C=O) groups is 2. The van der Waals surface area contributed by atoms with Crippen LogP contribution >= 0.6 is 11.3 Å². The predicted octanol–water partition coefficient (Wildman–Crippen LogP) is 4.20. The first kappa shape index (κ1) is 31.1. The number of nitrogens with one attached hydrogen (secondary N) is 2. The molecule has 1 saturated heterocycles. The molecule has 1 fully saturated rings. The first-order valence-corrected chi connectivity index (χ1v) is 14.7. The van der Waals surface area contributed by atoms with Gasteiger partial charge in [-0.2, -0.15) is 0 Å². The Morgan fingerprint density at radius 2 is 2.02 bits per heavy atom. The second-order valence-electron chi connectivity index (χ2n) is 10.3. The number of hydrogen-bond donors (Lipinski definition) is 3. The van der Waals surface area contributed by atoms with Crippen LogP contribution in [0.2, 0.25) is 0 Å². The van der Waals surface area contributed by atoms with E-state index in [4.69, 9.17) is 14.8 Å². The Morgan fingerprint density at radius 3 is 2.70 bits per heavy atom. The van der Waals surface area contributed by atoms with Crippen LogP contribution in [0.3, 0.4) is 0 Å². The Balaban J connectivity index is 1.45. The highest BCUT2D eigenvalue weighted by molar-refractivity contribution is 7.11. The number of esters is 1. The van der Waals surface area contributed by atoms with Crippen LogP contribution in [0.25, 0.3) is 0 Å². The minimum atomic E-state index is -2.98. The van der Waals surface area contributed by atoms with Crippen molar-refractivity contribution < 1.29 is 32.6 Å². The molecule has 0 radical (unpaired) electrons. The minimum absolute atomic E-state index is 0.0620. The number of alkyl halides is 2. The SMILES string of the molecule is CCOC(=O)C1=C(CN2CC(F)(F)CC2CCNc2ncc(C(=O)O)cn2)NC(c2nccs2)=N[C@H]1c1cccc(F)c1C. The maximum absolute atomic E-state index is 14.8. The van der Waals surface area contributed by atoms with Gasteiger partial charge in [0.1, 0.15) is 11.9 Å². The number of aromatic nitrogens is 3. The van der Waals surface area contributed by atoms with Gasteiger partial charge >= 0.3 is 11.9 Å². The Bertz CT molecular complexity index is 1580. The smallest absolute Gasteiger partial charge is 0.338 e. The number of carboxylic acid groups (broad SMARTS) is 1. The molecule has 232 valence electrons. The normalized spacial score (nSPS) is 19.8. The fourth-order valence-corrected chi connectivity index (χ4v) is 5.87. The van der Waals surface area contributed by atoms with Gasteiger partial charge in [0.05, 0.1) is 24.3 Å². The van der Waals surface area contributed by atoms with Gasteiger partial charge in [-0.1, -0.05) is 12.1 Å². The Hall–Kier alpha value is -4.37. The molecule has 0 aliphatic carbocycles. The van der Waals surface area contributed by atoms with Crippen molar-refractivity contribution in [2.24, 2.45) is 4.99 Å². The number of hydrogen-bond acceptors (Lipinski definition) is 11. The molecule has 2 atom stereocenters. The molecule has 1 aromatic carbocycles. The molecule has 5 rings (SSSR count). The van der Waals surface area contributed by atoms with E-state index in [1.54, 1.807) is 36.4 Å². The predicted molar refractivity (Wildman–Crippen MR) is 156 cm³/mol. The standard InChI is InChI=1S/C29H30F3N7O4S/c1-3-43-27(42)22-21(37-24(25-33-9-10-44-25)38-23(22)19-5-4-6-20(30)16(19)2)14-39-15-29(31,32)11-18(39)7-8-34-28-35-12-17(13-36-28)26(40)41/h4-6,9-10,12-13,18,23H,3,7-8,11,14-15H2,1-2H3,(H,37,38)(H,40,41)(H,34,35,36)/t18?,23-/m0/s1. The van der Waals surface area contributed by atoms with Gasteiger partial charge in [-0.25, -0.2) is 37.7 Å². The lowest BCUT2D eigenvalue weighted by Crippen LogP contribution is -2.42. The number of ether oxygens (including phenoxy) is 1. The van der Waals surface area contributed by atoms with Crippen molar-refractivity contribution in [3.05, 3.63) is 81.0 Å². The fraction of sp³-hybridized carbons (Fsp3) is 0.379. The van der Waals surface area contributed by atoms with Gasteiger partial charge in [-0.3, -0.25) is 9.89 Å². The maximum atomic E-state index is 14.8. The van der Waals surface area contributed by atoms with Crippen molar-refractivity contribution in [3.8, 4) is 0 Å². The number of aliphatic imine (C=N–C) groups is 1. The number of halogens is 3. The van der Waals surface area contributed by atoms with E-state index < -0.39 is 48.7 Å². The number of nitrogens with zero attached hydrogens (tertiary/aromatic N) is 5. The van der Waals surface area contributed by atoms with Crippen LogP contribution in [0, 0.1) is 12.7 Å². The molecule has 1 unspecified atom stereocenters. The van der Waals surface area contributed by atoms with Crippen LogP contribution in [0.4, 0.5) is 19.1 Å². The van der Waals surface area contributed by atoms with Gasteiger partial charge in [0, 0.05) is 55.2 Å². The van der Waals surface area contributed by atoms with Crippen molar-refractivity contribution in [1.82, 2.24) is 25.2 Å². The van der Waals surface area contributed by atoms with E-state index in [1.165, 1.54) is 23.5 Å². The number of benzene rings is 1. The zero-order valence-electron chi connectivity index (χ0n) is 23.9. The highest BCUT2D eigenvalue weighted by atomic mass is 32.1. The van der Waals surface area contributed by atoms with Crippen LogP contribution in [0.5, 0.6) is 0 Å². The van der Waals surface area contributed by atoms with Gasteiger partial charge in [-0.15, -0.1) is 11.3 Å². The van der Waals surface area contributed by atoms with Crippen molar-refractivity contribution in [1.29, 1.82) is 0 Å². The Kier molecular flexibility index (Phi) is 9.25. The summed E-state index contributed by atoms with van der Waals surface area (Å²) < 4.78 is 49.8. The summed E-state index contributed by atoms with van der Waals surface area (Å²) in [6, 6.07) is 2.97. The van der Waals surface area contributed by atoms with Gasteiger partial charge in [0.15, 0.2) is 10.8 Å². The number of likely N-dealkylation sites (tertiary alicyclic amines) is 1. The third-order valence-electron chi connectivity index (χ3n) is 7.37. The summed E-state index contributed by atoms with van der Waals surface area (Å²) in [7, 11) is 0. The molecule has 3 aromatic rings. The lowest BCUT2D eigenvalue weighted by molar-refractivity contribution is -0.139. The van der Waals surface area contributed by atoms with E-state index in [-0.39, 0.29) is 43.2 Å². The monoisotopic (exact) mass is 629 g/mol. The summed E-state index contributed by atoms with van der Waals surface area (Å²) in [5.41, 5.74) is 1.11. The van der Waals surface area contributed by atoms with Crippen molar-refractivity contribution >= 4 is 35.1 Å². The molecule has 0 saturated carbocycles. The number of rotatable bonds is 11. The number of anilines is 1. The van der Waals surface area contributed by atoms with Gasteiger partial charge < -0.3 is 20.5 Å². The molecule has 15 heteroatoms. The molecule has 0 spiro atoms. The highest BCUT2D eigenvalue weighted by Gasteiger charge is 2.46. The average Bonchev–Trinajstić information content (AvgIpc) is 3.62. The summed E-state index contributed by atoms with van der Waals surface area (Å²) >= 11 is 1.31. The zero-order valence-corrected chi connectivity index (χ0v) is 24.7. The second-order valence-corrected chi connectivity index (χ2v) is 11.2. The average molecular weight is 630 g/mol. The summed E-state index contributed by atoms with van der Waals surface area (Å²) in [6.07, 6.45) is 3.78. The molecule has 2 aromatic heterocycles. The van der Waals surface area contributed by atoms with E-state index >= 15 is 0 Å². The summed E-state index contributed by atoms with van der Waals surface area (Å²) in [5.74, 6) is -4.78.